The first-order chi connectivity index (χ1) is 12.5. The zero-order valence-corrected chi connectivity index (χ0v) is 15.6. The van der Waals surface area contributed by atoms with Crippen molar-refractivity contribution in [3.05, 3.63) is 51.4 Å². The molecule has 136 valence electrons. The summed E-state index contributed by atoms with van der Waals surface area (Å²) in [5.41, 5.74) is 0.910. The molecule has 0 saturated heterocycles. The minimum atomic E-state index is -0.209. The van der Waals surface area contributed by atoms with Crippen LogP contribution < -0.4 is 15.0 Å². The lowest BCUT2D eigenvalue weighted by atomic mass is 10.1. The lowest BCUT2D eigenvalue weighted by Crippen LogP contribution is -2.28. The Hall–Kier alpha value is -2.87. The highest BCUT2D eigenvalue weighted by molar-refractivity contribution is 7.17. The van der Waals surface area contributed by atoms with Crippen LogP contribution in [0.5, 0.6) is 11.5 Å². The first-order valence-electron chi connectivity index (χ1n) is 8.06. The Morgan fingerprint density at radius 2 is 2.12 bits per heavy atom. The molecule has 0 aliphatic rings. The Balaban J connectivity index is 1.81. The normalized spacial score (nSPS) is 10.7. The van der Waals surface area contributed by atoms with Crippen molar-refractivity contribution >= 4 is 27.5 Å². The van der Waals surface area contributed by atoms with E-state index in [0.717, 1.165) is 0 Å². The lowest BCUT2D eigenvalue weighted by Gasteiger charge is -2.18. The number of methoxy groups -OCH3 is 1. The Morgan fingerprint density at radius 3 is 2.85 bits per heavy atom. The van der Waals surface area contributed by atoms with Crippen molar-refractivity contribution in [1.82, 2.24) is 14.9 Å². The highest BCUT2D eigenvalue weighted by Gasteiger charge is 2.16. The van der Waals surface area contributed by atoms with E-state index in [0.29, 0.717) is 39.7 Å². The van der Waals surface area contributed by atoms with Crippen molar-refractivity contribution in [3.8, 4) is 11.5 Å². The van der Waals surface area contributed by atoms with Crippen LogP contribution in [0.25, 0.3) is 10.2 Å². The highest BCUT2D eigenvalue weighted by Crippen LogP contribution is 2.28. The minimum absolute atomic E-state index is 0.190. The minimum Gasteiger partial charge on any atom is -0.493 e. The molecular formula is C18H19N3O4S. The fraction of sp³-hybridized carbons (Fsp3) is 0.278. The molecule has 1 amide bonds. The van der Waals surface area contributed by atoms with Crippen LogP contribution in [0.2, 0.25) is 0 Å². The zero-order chi connectivity index (χ0) is 18.7. The summed E-state index contributed by atoms with van der Waals surface area (Å²) in [5.74, 6) is 1.31. The number of fused-ring (bicyclic) bond motifs is 1. The van der Waals surface area contributed by atoms with Gasteiger partial charge in [0.15, 0.2) is 11.5 Å². The number of nitrogens with zero attached hydrogens (tertiary/aromatic N) is 2. The number of ether oxygens (including phenoxy) is 2. The third-order valence-corrected chi connectivity index (χ3v) is 4.71. The van der Waals surface area contributed by atoms with E-state index < -0.39 is 0 Å². The third-order valence-electron chi connectivity index (χ3n) is 3.81. The van der Waals surface area contributed by atoms with E-state index in [1.165, 1.54) is 23.3 Å². The Labute approximate surface area is 154 Å². The average Bonchev–Trinajstić information content (AvgIpc) is 3.10. The van der Waals surface area contributed by atoms with Gasteiger partial charge in [-0.2, -0.15) is 0 Å². The number of amides is 1. The quantitative estimate of drug-likeness (QED) is 0.718. The summed E-state index contributed by atoms with van der Waals surface area (Å²) in [5, 5.41) is 1.82. The van der Waals surface area contributed by atoms with Crippen molar-refractivity contribution in [2.75, 3.05) is 20.8 Å². The van der Waals surface area contributed by atoms with Gasteiger partial charge in [-0.15, -0.1) is 11.3 Å². The smallest absolute Gasteiger partial charge is 0.268 e. The number of aromatic amines is 1. The first kappa shape index (κ1) is 17.9. The number of carbonyl (C=O) groups is 1. The SMILES string of the molecule is CCOc1ccc(C(=O)N(C)Cc2nc3ccsc3c(=O)[nH]2)cc1OC. The standard InChI is InChI=1S/C18H19N3O4S/c1-4-25-13-6-5-11(9-14(13)24-3)18(23)21(2)10-15-19-12-7-8-26-16(12)17(22)20-15/h5-9H,4,10H2,1-3H3,(H,19,20,22). The van der Waals surface area contributed by atoms with Crippen molar-refractivity contribution in [2.24, 2.45) is 0 Å². The third kappa shape index (κ3) is 3.55. The summed E-state index contributed by atoms with van der Waals surface area (Å²) in [7, 11) is 3.18. The van der Waals surface area contributed by atoms with Gasteiger partial charge >= 0.3 is 0 Å². The molecule has 0 spiro atoms. The topological polar surface area (TPSA) is 84.5 Å². The second kappa shape index (κ2) is 7.57. The molecule has 8 heteroatoms. The van der Waals surface area contributed by atoms with E-state index in [9.17, 15) is 9.59 Å². The van der Waals surface area contributed by atoms with E-state index in [1.807, 2.05) is 12.3 Å². The first-order valence-corrected chi connectivity index (χ1v) is 8.94. The zero-order valence-electron chi connectivity index (χ0n) is 14.7. The van der Waals surface area contributed by atoms with Crippen LogP contribution in [-0.4, -0.2) is 41.5 Å². The van der Waals surface area contributed by atoms with Gasteiger partial charge in [0.05, 0.1) is 25.8 Å². The molecular weight excluding hydrogens is 354 g/mol. The molecule has 3 rings (SSSR count). The van der Waals surface area contributed by atoms with E-state index in [4.69, 9.17) is 9.47 Å². The number of aromatic nitrogens is 2. The number of thiophene rings is 1. The van der Waals surface area contributed by atoms with Crippen molar-refractivity contribution in [1.29, 1.82) is 0 Å². The van der Waals surface area contributed by atoms with Gasteiger partial charge < -0.3 is 19.4 Å². The van der Waals surface area contributed by atoms with Gasteiger partial charge in [-0.1, -0.05) is 0 Å². The number of nitrogens with one attached hydrogen (secondary N) is 1. The van der Waals surface area contributed by atoms with Gasteiger partial charge in [0.25, 0.3) is 11.5 Å². The van der Waals surface area contributed by atoms with Crippen molar-refractivity contribution < 1.29 is 14.3 Å². The van der Waals surface area contributed by atoms with Crippen LogP contribution in [0.1, 0.15) is 23.1 Å². The van der Waals surface area contributed by atoms with E-state index in [2.05, 4.69) is 9.97 Å². The monoisotopic (exact) mass is 373 g/mol. The Bertz CT molecular complexity index is 996. The van der Waals surface area contributed by atoms with Crippen LogP contribution >= 0.6 is 11.3 Å². The van der Waals surface area contributed by atoms with Crippen LogP contribution in [-0.2, 0) is 6.54 Å². The van der Waals surface area contributed by atoms with Gasteiger partial charge in [0, 0.05) is 12.6 Å². The van der Waals surface area contributed by atoms with Crippen molar-refractivity contribution in [2.45, 2.75) is 13.5 Å². The molecule has 3 aromatic rings. The number of H-pyrrole nitrogens is 1. The molecule has 0 unspecified atom stereocenters. The van der Waals surface area contributed by atoms with Crippen LogP contribution in [0.3, 0.4) is 0 Å². The average molecular weight is 373 g/mol. The maximum atomic E-state index is 12.7. The van der Waals surface area contributed by atoms with Gasteiger partial charge in [-0.25, -0.2) is 4.98 Å². The maximum Gasteiger partial charge on any atom is 0.268 e. The number of carbonyl (C=O) groups excluding carboxylic acids is 1. The molecule has 0 atom stereocenters. The summed E-state index contributed by atoms with van der Waals surface area (Å²) in [6, 6.07) is 6.82. The maximum absolute atomic E-state index is 12.7. The van der Waals surface area contributed by atoms with Crippen LogP contribution in [0, 0.1) is 0 Å². The van der Waals surface area contributed by atoms with Gasteiger partial charge in [0.1, 0.15) is 10.5 Å². The summed E-state index contributed by atoms with van der Waals surface area (Å²) >= 11 is 1.34. The molecule has 2 aromatic heterocycles. The summed E-state index contributed by atoms with van der Waals surface area (Å²) < 4.78 is 11.3. The fourth-order valence-corrected chi connectivity index (χ4v) is 3.31. The van der Waals surface area contributed by atoms with Crippen LogP contribution in [0.15, 0.2) is 34.4 Å². The molecule has 26 heavy (non-hydrogen) atoms. The molecule has 7 nitrogen and oxygen atoms in total. The Kier molecular flexibility index (Phi) is 5.22. The fourth-order valence-electron chi connectivity index (χ4n) is 2.59. The predicted octanol–water partition coefficient (Wildman–Crippen LogP) is 2.66. The molecule has 0 bridgehead atoms. The van der Waals surface area contributed by atoms with Crippen LogP contribution in [0.4, 0.5) is 0 Å². The number of benzene rings is 1. The molecule has 2 heterocycles. The number of rotatable bonds is 6. The molecule has 0 aliphatic carbocycles. The predicted molar refractivity (Wildman–Crippen MR) is 100 cm³/mol. The van der Waals surface area contributed by atoms with E-state index >= 15 is 0 Å². The Morgan fingerprint density at radius 1 is 1.31 bits per heavy atom. The highest BCUT2D eigenvalue weighted by atomic mass is 32.1. The molecule has 0 saturated carbocycles. The van der Waals surface area contributed by atoms with Gasteiger partial charge in [-0.05, 0) is 36.6 Å². The second-order valence-corrected chi connectivity index (χ2v) is 6.52. The summed E-state index contributed by atoms with van der Waals surface area (Å²) in [4.78, 5) is 33.4. The molecule has 0 fully saturated rings. The second-order valence-electron chi connectivity index (χ2n) is 5.61. The van der Waals surface area contributed by atoms with E-state index in [-0.39, 0.29) is 18.0 Å². The molecule has 0 radical (unpaired) electrons. The number of hydrogen-bond acceptors (Lipinski definition) is 6. The van der Waals surface area contributed by atoms with Crippen molar-refractivity contribution in [3.63, 3.8) is 0 Å². The van der Waals surface area contributed by atoms with E-state index in [1.54, 1.807) is 31.3 Å². The van der Waals surface area contributed by atoms with Gasteiger partial charge in [0.2, 0.25) is 0 Å². The lowest BCUT2D eigenvalue weighted by molar-refractivity contribution is 0.0781. The van der Waals surface area contributed by atoms with Gasteiger partial charge in [-0.3, -0.25) is 9.59 Å². The molecule has 1 aromatic carbocycles. The number of hydrogen-bond donors (Lipinski definition) is 1. The summed E-state index contributed by atoms with van der Waals surface area (Å²) in [6.45, 7) is 2.58. The molecule has 1 N–H and O–H groups in total. The molecule has 0 aliphatic heterocycles. The summed E-state index contributed by atoms with van der Waals surface area (Å²) in [6.07, 6.45) is 0. The largest absolute Gasteiger partial charge is 0.493 e.